The van der Waals surface area contributed by atoms with E-state index >= 15 is 0 Å². The number of hydrogen-bond donors (Lipinski definition) is 0. The molecule has 4 nitrogen and oxygen atoms in total. The zero-order chi connectivity index (χ0) is 10.5. The first-order valence-corrected chi connectivity index (χ1v) is 5.31. The largest absolute Gasteiger partial charge is 0.490 e. The molecule has 0 saturated carbocycles. The van der Waals surface area contributed by atoms with Gasteiger partial charge < -0.3 is 14.4 Å². The fraction of sp³-hybridized carbons (Fsp3) is 0.545. The Balaban J connectivity index is 2.17. The van der Waals surface area contributed by atoms with Gasteiger partial charge in [-0.1, -0.05) is 0 Å². The summed E-state index contributed by atoms with van der Waals surface area (Å²) in [5.41, 5.74) is 1.12. The van der Waals surface area contributed by atoms with Crippen LogP contribution in [0, 0.1) is 0 Å². The molecule has 1 saturated heterocycles. The van der Waals surface area contributed by atoms with Crippen molar-refractivity contribution in [1.82, 2.24) is 4.98 Å². The van der Waals surface area contributed by atoms with Crippen LogP contribution in [0.4, 0.5) is 5.69 Å². The fourth-order valence-electron chi connectivity index (χ4n) is 1.70. The molecule has 1 aromatic heterocycles. The maximum Gasteiger partial charge on any atom is 0.160 e. The van der Waals surface area contributed by atoms with Gasteiger partial charge in [0.05, 0.1) is 31.7 Å². The second kappa shape index (κ2) is 4.98. The maximum absolute atomic E-state index is 5.55. The summed E-state index contributed by atoms with van der Waals surface area (Å²) in [6.45, 7) is 6.06. The topological polar surface area (TPSA) is 34.6 Å². The van der Waals surface area contributed by atoms with E-state index in [1.165, 1.54) is 0 Å². The zero-order valence-corrected chi connectivity index (χ0v) is 8.98. The van der Waals surface area contributed by atoms with Crippen molar-refractivity contribution < 1.29 is 9.47 Å². The lowest BCUT2D eigenvalue weighted by Crippen LogP contribution is -2.36. The summed E-state index contributed by atoms with van der Waals surface area (Å²) in [6, 6.07) is 2.00. The highest BCUT2D eigenvalue weighted by atomic mass is 16.5. The van der Waals surface area contributed by atoms with Crippen LogP contribution >= 0.6 is 0 Å². The summed E-state index contributed by atoms with van der Waals surface area (Å²) in [7, 11) is 0. The number of nitrogens with zero attached hydrogens (tertiary/aromatic N) is 2. The molecular weight excluding hydrogens is 192 g/mol. The van der Waals surface area contributed by atoms with Crippen molar-refractivity contribution in [1.29, 1.82) is 0 Å². The van der Waals surface area contributed by atoms with E-state index in [0.717, 1.165) is 37.7 Å². The Hall–Kier alpha value is -1.29. The van der Waals surface area contributed by atoms with Crippen molar-refractivity contribution in [2.45, 2.75) is 6.92 Å². The van der Waals surface area contributed by atoms with Crippen molar-refractivity contribution in [3.05, 3.63) is 18.5 Å². The molecule has 2 heterocycles. The van der Waals surface area contributed by atoms with Gasteiger partial charge >= 0.3 is 0 Å². The van der Waals surface area contributed by atoms with Crippen molar-refractivity contribution in [3.8, 4) is 5.75 Å². The molecule has 0 radical (unpaired) electrons. The Morgan fingerprint density at radius 1 is 1.47 bits per heavy atom. The second-order valence-corrected chi connectivity index (χ2v) is 3.38. The Kier molecular flexibility index (Phi) is 3.40. The molecule has 0 unspecified atom stereocenters. The monoisotopic (exact) mass is 208 g/mol. The van der Waals surface area contributed by atoms with Gasteiger partial charge in [-0.05, 0) is 13.0 Å². The van der Waals surface area contributed by atoms with Crippen LogP contribution < -0.4 is 9.64 Å². The third kappa shape index (κ3) is 2.39. The number of morpholine rings is 1. The standard InChI is InChI=1S/C11H16N2O2/c1-2-15-11-9-12-4-3-10(11)13-5-7-14-8-6-13/h3-4,9H,2,5-8H2,1H3. The molecule has 0 aromatic carbocycles. The molecule has 4 heteroatoms. The van der Waals surface area contributed by atoms with E-state index in [9.17, 15) is 0 Å². The van der Waals surface area contributed by atoms with Crippen LogP contribution in [0.1, 0.15) is 6.92 Å². The molecular formula is C11H16N2O2. The van der Waals surface area contributed by atoms with Crippen LogP contribution in [0.5, 0.6) is 5.75 Å². The number of pyridine rings is 1. The number of hydrogen-bond acceptors (Lipinski definition) is 4. The van der Waals surface area contributed by atoms with E-state index in [1.807, 2.05) is 13.0 Å². The average Bonchev–Trinajstić information content (AvgIpc) is 2.31. The molecule has 2 rings (SSSR count). The van der Waals surface area contributed by atoms with Crippen molar-refractivity contribution >= 4 is 5.69 Å². The predicted octanol–water partition coefficient (Wildman–Crippen LogP) is 1.32. The molecule has 1 aliphatic heterocycles. The number of ether oxygens (including phenoxy) is 2. The van der Waals surface area contributed by atoms with Gasteiger partial charge in [0.25, 0.3) is 0 Å². The quantitative estimate of drug-likeness (QED) is 0.750. The lowest BCUT2D eigenvalue weighted by molar-refractivity contribution is 0.122. The van der Waals surface area contributed by atoms with E-state index in [-0.39, 0.29) is 0 Å². The summed E-state index contributed by atoms with van der Waals surface area (Å²) in [5.74, 6) is 0.863. The van der Waals surface area contributed by atoms with E-state index in [0.29, 0.717) is 6.61 Å². The zero-order valence-electron chi connectivity index (χ0n) is 8.98. The molecule has 0 aliphatic carbocycles. The summed E-state index contributed by atoms with van der Waals surface area (Å²) in [4.78, 5) is 6.35. The minimum atomic E-state index is 0.670. The number of rotatable bonds is 3. The van der Waals surface area contributed by atoms with Gasteiger partial charge in [-0.25, -0.2) is 0 Å². The molecule has 1 fully saturated rings. The van der Waals surface area contributed by atoms with Crippen LogP contribution in [0.3, 0.4) is 0 Å². The lowest BCUT2D eigenvalue weighted by Gasteiger charge is -2.29. The molecule has 15 heavy (non-hydrogen) atoms. The van der Waals surface area contributed by atoms with Gasteiger partial charge in [-0.15, -0.1) is 0 Å². The first-order chi connectivity index (χ1) is 7.42. The average molecular weight is 208 g/mol. The van der Waals surface area contributed by atoms with Gasteiger partial charge in [0.2, 0.25) is 0 Å². The highest BCUT2D eigenvalue weighted by Crippen LogP contribution is 2.27. The Labute approximate surface area is 89.8 Å². The Morgan fingerprint density at radius 3 is 3.00 bits per heavy atom. The minimum absolute atomic E-state index is 0.670. The normalized spacial score (nSPS) is 16.5. The SMILES string of the molecule is CCOc1cnccc1N1CCOCC1. The van der Waals surface area contributed by atoms with E-state index in [1.54, 1.807) is 12.4 Å². The van der Waals surface area contributed by atoms with Gasteiger partial charge in [0.15, 0.2) is 5.75 Å². The number of aromatic nitrogens is 1. The highest BCUT2D eigenvalue weighted by Gasteiger charge is 2.14. The van der Waals surface area contributed by atoms with Crippen LogP contribution in [0.15, 0.2) is 18.5 Å². The van der Waals surface area contributed by atoms with Crippen LogP contribution in [0.2, 0.25) is 0 Å². The van der Waals surface area contributed by atoms with Crippen molar-refractivity contribution in [2.75, 3.05) is 37.8 Å². The maximum atomic E-state index is 5.55. The van der Waals surface area contributed by atoms with E-state index in [4.69, 9.17) is 9.47 Å². The second-order valence-electron chi connectivity index (χ2n) is 3.38. The molecule has 0 atom stereocenters. The Bertz CT molecular complexity index is 311. The van der Waals surface area contributed by atoms with Gasteiger partial charge in [0, 0.05) is 19.3 Å². The van der Waals surface area contributed by atoms with Crippen LogP contribution in [-0.4, -0.2) is 37.9 Å². The van der Waals surface area contributed by atoms with Crippen LogP contribution in [-0.2, 0) is 4.74 Å². The van der Waals surface area contributed by atoms with Gasteiger partial charge in [-0.2, -0.15) is 0 Å². The fourth-order valence-corrected chi connectivity index (χ4v) is 1.70. The summed E-state index contributed by atoms with van der Waals surface area (Å²) < 4.78 is 10.9. The van der Waals surface area contributed by atoms with Crippen LogP contribution in [0.25, 0.3) is 0 Å². The molecule has 82 valence electrons. The van der Waals surface area contributed by atoms with E-state index in [2.05, 4.69) is 9.88 Å². The predicted molar refractivity (Wildman–Crippen MR) is 58.4 cm³/mol. The van der Waals surface area contributed by atoms with Gasteiger partial charge in [-0.3, -0.25) is 4.98 Å². The summed E-state index contributed by atoms with van der Waals surface area (Å²) in [6.07, 6.45) is 3.57. The molecule has 0 bridgehead atoms. The van der Waals surface area contributed by atoms with Crippen molar-refractivity contribution in [3.63, 3.8) is 0 Å². The van der Waals surface area contributed by atoms with E-state index < -0.39 is 0 Å². The summed E-state index contributed by atoms with van der Waals surface area (Å²) >= 11 is 0. The molecule has 1 aliphatic rings. The minimum Gasteiger partial charge on any atom is -0.490 e. The van der Waals surface area contributed by atoms with Crippen molar-refractivity contribution in [2.24, 2.45) is 0 Å². The molecule has 0 spiro atoms. The molecule has 1 aromatic rings. The highest BCUT2D eigenvalue weighted by molar-refractivity contribution is 5.57. The molecule has 0 N–H and O–H groups in total. The van der Waals surface area contributed by atoms with Gasteiger partial charge in [0.1, 0.15) is 0 Å². The third-order valence-electron chi connectivity index (χ3n) is 2.41. The Morgan fingerprint density at radius 2 is 2.27 bits per heavy atom. The first-order valence-electron chi connectivity index (χ1n) is 5.31. The number of anilines is 1. The summed E-state index contributed by atoms with van der Waals surface area (Å²) in [5, 5.41) is 0. The first kappa shape index (κ1) is 10.2. The smallest absolute Gasteiger partial charge is 0.160 e. The third-order valence-corrected chi connectivity index (χ3v) is 2.41. The molecule has 0 amide bonds. The lowest BCUT2D eigenvalue weighted by atomic mass is 10.3.